The van der Waals surface area contributed by atoms with Gasteiger partial charge in [-0.15, -0.1) is 0 Å². The summed E-state index contributed by atoms with van der Waals surface area (Å²) in [6.07, 6.45) is 5.55. The molecule has 0 saturated carbocycles. The Balaban J connectivity index is 2.00. The topological polar surface area (TPSA) is 55.9 Å². The van der Waals surface area contributed by atoms with Crippen molar-refractivity contribution in [3.63, 3.8) is 0 Å². The second-order valence-corrected chi connectivity index (χ2v) is 4.39. The zero-order valence-corrected chi connectivity index (χ0v) is 11.2. The quantitative estimate of drug-likeness (QED) is 0.794. The first-order chi connectivity index (χ1) is 8.72. The van der Waals surface area contributed by atoms with Crippen LogP contribution in [0.15, 0.2) is 16.8 Å². The van der Waals surface area contributed by atoms with Gasteiger partial charge in [0, 0.05) is 25.7 Å². The zero-order valence-electron chi connectivity index (χ0n) is 11.2. The van der Waals surface area contributed by atoms with Gasteiger partial charge in [-0.2, -0.15) is 5.10 Å². The monoisotopic (exact) mass is 248 g/mol. The molecule has 2 rings (SSSR count). The molecular formula is C13H20N4O. The van der Waals surface area contributed by atoms with Gasteiger partial charge in [0.25, 0.3) is 0 Å². The highest BCUT2D eigenvalue weighted by atomic mass is 16.4. The van der Waals surface area contributed by atoms with E-state index in [1.165, 1.54) is 0 Å². The average Bonchev–Trinajstić information content (AvgIpc) is 2.94. The fraction of sp³-hybridized carbons (Fsp3) is 0.538. The number of nitrogens with one attached hydrogen (secondary N) is 1. The maximum Gasteiger partial charge on any atom is 0.196 e. The molecule has 5 heteroatoms. The molecule has 98 valence electrons. The fourth-order valence-corrected chi connectivity index (χ4v) is 1.79. The predicted octanol–water partition coefficient (Wildman–Crippen LogP) is 1.93. The third kappa shape index (κ3) is 2.79. The molecule has 2 aromatic heterocycles. The van der Waals surface area contributed by atoms with Crippen LogP contribution < -0.4 is 5.32 Å². The average molecular weight is 248 g/mol. The first kappa shape index (κ1) is 12.8. The smallest absolute Gasteiger partial charge is 0.196 e. The van der Waals surface area contributed by atoms with Crippen LogP contribution in [-0.2, 0) is 13.5 Å². The van der Waals surface area contributed by atoms with E-state index in [0.29, 0.717) is 0 Å². The molecule has 0 fully saturated rings. The minimum Gasteiger partial charge on any atom is -0.441 e. The lowest BCUT2D eigenvalue weighted by Crippen LogP contribution is -2.17. The molecule has 0 aliphatic rings. The number of aromatic nitrogens is 3. The van der Waals surface area contributed by atoms with E-state index in [2.05, 4.69) is 22.3 Å². The van der Waals surface area contributed by atoms with Crippen molar-refractivity contribution in [3.05, 3.63) is 24.0 Å². The molecule has 5 nitrogen and oxygen atoms in total. The summed E-state index contributed by atoms with van der Waals surface area (Å²) in [6, 6.07) is 0. The molecule has 0 saturated heterocycles. The van der Waals surface area contributed by atoms with Crippen LogP contribution in [0.25, 0.3) is 11.3 Å². The molecule has 2 heterocycles. The second kappa shape index (κ2) is 5.82. The number of hydrogen-bond donors (Lipinski definition) is 1. The van der Waals surface area contributed by atoms with Crippen LogP contribution >= 0.6 is 0 Å². The Bertz CT molecular complexity index is 501. The third-order valence-corrected chi connectivity index (χ3v) is 3.00. The van der Waals surface area contributed by atoms with Crippen LogP contribution in [0.2, 0.25) is 0 Å². The maximum atomic E-state index is 5.74. The molecule has 0 spiro atoms. The Labute approximate surface area is 107 Å². The van der Waals surface area contributed by atoms with E-state index in [1.807, 2.05) is 24.9 Å². The van der Waals surface area contributed by atoms with Gasteiger partial charge in [0.1, 0.15) is 0 Å². The van der Waals surface area contributed by atoms with E-state index in [-0.39, 0.29) is 0 Å². The van der Waals surface area contributed by atoms with Crippen molar-refractivity contribution in [2.24, 2.45) is 7.05 Å². The number of oxazole rings is 1. The number of nitrogens with zero attached hydrogens (tertiary/aromatic N) is 3. The Morgan fingerprint density at radius 1 is 1.33 bits per heavy atom. The number of rotatable bonds is 6. The Kier molecular flexibility index (Phi) is 4.15. The summed E-state index contributed by atoms with van der Waals surface area (Å²) < 4.78 is 7.57. The molecule has 0 unspecified atom stereocenters. The normalized spacial score (nSPS) is 11.1. The van der Waals surface area contributed by atoms with Gasteiger partial charge in [0.05, 0.1) is 18.0 Å². The molecule has 1 N–H and O–H groups in total. The molecule has 2 aromatic rings. The van der Waals surface area contributed by atoms with Crippen LogP contribution in [0.1, 0.15) is 24.9 Å². The number of hydrogen-bond acceptors (Lipinski definition) is 4. The van der Waals surface area contributed by atoms with E-state index in [4.69, 9.17) is 4.42 Å². The van der Waals surface area contributed by atoms with Crippen LogP contribution in [0.3, 0.4) is 0 Å². The van der Waals surface area contributed by atoms with Crippen molar-refractivity contribution in [2.75, 3.05) is 13.1 Å². The summed E-state index contributed by atoms with van der Waals surface area (Å²) >= 11 is 0. The zero-order chi connectivity index (χ0) is 13.0. The SMILES string of the molecule is CCCNCCc1ncc(-c2cnn(C)c2C)o1. The Morgan fingerprint density at radius 3 is 2.83 bits per heavy atom. The van der Waals surface area contributed by atoms with Crippen LogP contribution in [0, 0.1) is 6.92 Å². The van der Waals surface area contributed by atoms with Gasteiger partial charge in [-0.3, -0.25) is 4.68 Å². The molecule has 0 atom stereocenters. The summed E-state index contributed by atoms with van der Waals surface area (Å²) in [7, 11) is 1.92. The largest absolute Gasteiger partial charge is 0.441 e. The predicted molar refractivity (Wildman–Crippen MR) is 70.3 cm³/mol. The van der Waals surface area contributed by atoms with E-state index in [1.54, 1.807) is 6.20 Å². The van der Waals surface area contributed by atoms with Crippen molar-refractivity contribution in [1.29, 1.82) is 0 Å². The lowest BCUT2D eigenvalue weighted by atomic mass is 10.2. The summed E-state index contributed by atoms with van der Waals surface area (Å²) in [4.78, 5) is 4.30. The van der Waals surface area contributed by atoms with Crippen molar-refractivity contribution >= 4 is 0 Å². The van der Waals surface area contributed by atoms with Gasteiger partial charge < -0.3 is 9.73 Å². The molecular weight excluding hydrogens is 228 g/mol. The first-order valence-electron chi connectivity index (χ1n) is 6.36. The fourth-order valence-electron chi connectivity index (χ4n) is 1.79. The van der Waals surface area contributed by atoms with Crippen LogP contribution in [0.4, 0.5) is 0 Å². The van der Waals surface area contributed by atoms with Crippen LogP contribution in [-0.4, -0.2) is 27.9 Å². The van der Waals surface area contributed by atoms with Gasteiger partial charge in [-0.1, -0.05) is 6.92 Å². The second-order valence-electron chi connectivity index (χ2n) is 4.39. The van der Waals surface area contributed by atoms with E-state index in [0.717, 1.165) is 48.8 Å². The summed E-state index contributed by atoms with van der Waals surface area (Å²) in [6.45, 7) is 6.11. The summed E-state index contributed by atoms with van der Waals surface area (Å²) in [5, 5.41) is 7.54. The number of aryl methyl sites for hydroxylation is 1. The molecule has 0 aromatic carbocycles. The molecule has 0 aliphatic heterocycles. The molecule has 0 amide bonds. The third-order valence-electron chi connectivity index (χ3n) is 3.00. The van der Waals surface area contributed by atoms with Gasteiger partial charge >= 0.3 is 0 Å². The maximum absolute atomic E-state index is 5.74. The van der Waals surface area contributed by atoms with E-state index >= 15 is 0 Å². The Morgan fingerprint density at radius 2 is 2.17 bits per heavy atom. The van der Waals surface area contributed by atoms with Crippen LogP contribution in [0.5, 0.6) is 0 Å². The van der Waals surface area contributed by atoms with Gasteiger partial charge in [-0.05, 0) is 19.9 Å². The highest BCUT2D eigenvalue weighted by Gasteiger charge is 2.11. The lowest BCUT2D eigenvalue weighted by molar-refractivity contribution is 0.494. The summed E-state index contributed by atoms with van der Waals surface area (Å²) in [5.41, 5.74) is 2.10. The highest BCUT2D eigenvalue weighted by molar-refractivity contribution is 5.58. The van der Waals surface area contributed by atoms with Crippen molar-refractivity contribution in [3.8, 4) is 11.3 Å². The molecule has 0 radical (unpaired) electrons. The minimum atomic E-state index is 0.775. The van der Waals surface area contributed by atoms with Gasteiger partial charge in [0.2, 0.25) is 0 Å². The Hall–Kier alpha value is -1.62. The van der Waals surface area contributed by atoms with Crippen molar-refractivity contribution in [2.45, 2.75) is 26.7 Å². The van der Waals surface area contributed by atoms with Crippen molar-refractivity contribution in [1.82, 2.24) is 20.1 Å². The summed E-state index contributed by atoms with van der Waals surface area (Å²) in [5.74, 6) is 1.57. The highest BCUT2D eigenvalue weighted by Crippen LogP contribution is 2.23. The molecule has 18 heavy (non-hydrogen) atoms. The van der Waals surface area contributed by atoms with Crippen molar-refractivity contribution < 1.29 is 4.42 Å². The molecule has 0 aliphatic carbocycles. The van der Waals surface area contributed by atoms with Gasteiger partial charge in [0.15, 0.2) is 11.7 Å². The van der Waals surface area contributed by atoms with E-state index < -0.39 is 0 Å². The van der Waals surface area contributed by atoms with E-state index in [9.17, 15) is 0 Å². The van der Waals surface area contributed by atoms with Gasteiger partial charge in [-0.25, -0.2) is 4.98 Å². The molecule has 0 bridgehead atoms. The standard InChI is InChI=1S/C13H20N4O/c1-4-6-14-7-5-13-15-9-12(18-13)11-8-16-17(3)10(11)2/h8-9,14H,4-7H2,1-3H3. The minimum absolute atomic E-state index is 0.775. The lowest BCUT2D eigenvalue weighted by Gasteiger charge is -1.99. The first-order valence-corrected chi connectivity index (χ1v) is 6.36.